The molecule has 0 saturated heterocycles. The zero-order chi connectivity index (χ0) is 14.0. The summed E-state index contributed by atoms with van der Waals surface area (Å²) in [5.41, 5.74) is 1.70. The first-order chi connectivity index (χ1) is 8.80. The molecule has 4 nitrogen and oxygen atoms in total. The van der Waals surface area contributed by atoms with Crippen molar-refractivity contribution in [2.75, 3.05) is 0 Å². The number of carbonyl (C=O) groups excluding carboxylic acids is 1. The van der Waals surface area contributed by atoms with Crippen molar-refractivity contribution in [3.8, 4) is 0 Å². The van der Waals surface area contributed by atoms with Gasteiger partial charge in [0.25, 0.3) is 0 Å². The Balaban J connectivity index is 0.00000147. The lowest BCUT2D eigenvalue weighted by Gasteiger charge is -2.43. The van der Waals surface area contributed by atoms with E-state index in [1.165, 1.54) is 5.56 Å². The van der Waals surface area contributed by atoms with Crippen LogP contribution in [0.4, 0.5) is 0 Å². The average molecular weight is 271 g/mol. The number of hydrogen-bond donors (Lipinski definition) is 0. The first-order valence-corrected chi connectivity index (χ1v) is 6.49. The Morgan fingerprint density at radius 1 is 1.45 bits per heavy atom. The number of fused-ring (bicyclic) bond motifs is 3. The van der Waals surface area contributed by atoms with E-state index < -0.39 is 5.41 Å². The first-order valence-electron chi connectivity index (χ1n) is 6.49. The molecule has 0 unspecified atom stereocenters. The lowest BCUT2D eigenvalue weighted by Crippen LogP contribution is -2.47. The average Bonchev–Trinajstić information content (AvgIpc) is 2.82. The zero-order valence-corrected chi connectivity index (χ0v) is 11.7. The van der Waals surface area contributed by atoms with Crippen molar-refractivity contribution in [3.05, 3.63) is 40.6 Å². The molecule has 3 rings (SSSR count). The summed E-state index contributed by atoms with van der Waals surface area (Å²) in [7, 11) is 1.91. The third-order valence-corrected chi connectivity index (χ3v) is 4.81. The zero-order valence-electron chi connectivity index (χ0n) is 11.7. The van der Waals surface area contributed by atoms with Crippen LogP contribution in [0.15, 0.2) is 18.0 Å². The smallest absolute Gasteiger partial charge is 0.226 e. The van der Waals surface area contributed by atoms with E-state index in [0.717, 1.165) is 12.1 Å². The van der Waals surface area contributed by atoms with Crippen LogP contribution < -0.4 is 0 Å². The van der Waals surface area contributed by atoms with Crippen molar-refractivity contribution in [1.29, 1.82) is 0 Å². The van der Waals surface area contributed by atoms with Crippen LogP contribution in [-0.2, 0) is 23.7 Å². The van der Waals surface area contributed by atoms with E-state index in [2.05, 4.69) is 16.9 Å². The Bertz CT molecular complexity index is 660. The van der Waals surface area contributed by atoms with Crippen LogP contribution >= 0.6 is 0 Å². The molecule has 0 spiro atoms. The Kier molecular flexibility index (Phi) is 2.94. The summed E-state index contributed by atoms with van der Waals surface area (Å²) in [5, 5.41) is 4.56. The van der Waals surface area contributed by atoms with Gasteiger partial charge >= 0.3 is 0 Å². The molecule has 0 fully saturated rings. The van der Waals surface area contributed by atoms with Gasteiger partial charge in [0.1, 0.15) is 0 Å². The topological polar surface area (TPSA) is 39.2 Å². The maximum Gasteiger partial charge on any atom is 0.226 e. The fourth-order valence-corrected chi connectivity index (χ4v) is 3.83. The second-order valence-electron chi connectivity index (χ2n) is 6.41. The predicted octanol–water partition coefficient (Wildman–Crippen LogP) is 2.90. The predicted molar refractivity (Wildman–Crippen MR) is 78.0 cm³/mol. The van der Waals surface area contributed by atoms with Gasteiger partial charge in [-0.3, -0.25) is 4.68 Å². The standard InChI is InChI=1S/C15H17N3O.CH4/c1-14(2)11-6-9-8-18(5)17-12(9)15(11,3)7-10(16-4)13(14)19;/h7-8,11H,6H2,1-3,5H3;1H4/t11-,15+;/m1./s1. The van der Waals surface area contributed by atoms with Gasteiger partial charge in [0.15, 0.2) is 5.78 Å². The van der Waals surface area contributed by atoms with Gasteiger partial charge in [-0.2, -0.15) is 5.10 Å². The number of hydrogen-bond acceptors (Lipinski definition) is 2. The van der Waals surface area contributed by atoms with Crippen molar-refractivity contribution < 1.29 is 4.79 Å². The minimum absolute atomic E-state index is 0. The molecule has 0 radical (unpaired) electrons. The number of ketones is 1. The van der Waals surface area contributed by atoms with Crippen molar-refractivity contribution >= 4 is 5.78 Å². The monoisotopic (exact) mass is 271 g/mol. The van der Waals surface area contributed by atoms with E-state index in [4.69, 9.17) is 6.57 Å². The number of nitrogens with zero attached hydrogens (tertiary/aromatic N) is 3. The number of allylic oxidation sites excluding steroid dienone is 2. The SMILES string of the molecule is C.[C-]#[N+]C1=C[C@]2(C)c3nn(C)cc3C[C@@H]2C(C)(C)C1=O. The normalized spacial score (nSPS) is 29.9. The molecule has 2 aliphatic carbocycles. The van der Waals surface area contributed by atoms with Crippen molar-refractivity contribution in [2.45, 2.75) is 40.0 Å². The molecule has 2 atom stereocenters. The second-order valence-corrected chi connectivity index (χ2v) is 6.41. The summed E-state index contributed by atoms with van der Waals surface area (Å²) < 4.78 is 1.82. The van der Waals surface area contributed by atoms with Crippen LogP contribution in [0.3, 0.4) is 0 Å². The largest absolute Gasteiger partial charge is 0.307 e. The summed E-state index contributed by atoms with van der Waals surface area (Å²) >= 11 is 0. The van der Waals surface area contributed by atoms with Crippen LogP contribution in [0.5, 0.6) is 0 Å². The van der Waals surface area contributed by atoms with Crippen LogP contribution in [0.1, 0.15) is 39.5 Å². The number of Topliss-reactive ketones (excluding diaryl/α,β-unsaturated/α-hetero) is 1. The Morgan fingerprint density at radius 3 is 2.70 bits per heavy atom. The van der Waals surface area contributed by atoms with Gasteiger partial charge in [-0.1, -0.05) is 34.3 Å². The minimum atomic E-state index is -0.504. The number of aryl methyl sites for hydroxylation is 1. The highest BCUT2D eigenvalue weighted by Crippen LogP contribution is 2.55. The van der Waals surface area contributed by atoms with E-state index in [9.17, 15) is 4.79 Å². The number of aromatic nitrogens is 2. The molecule has 0 aliphatic heterocycles. The number of rotatable bonds is 0. The van der Waals surface area contributed by atoms with Gasteiger partial charge in [-0.05, 0) is 17.9 Å². The van der Waals surface area contributed by atoms with E-state index in [0.29, 0.717) is 0 Å². The molecule has 0 aromatic carbocycles. The highest BCUT2D eigenvalue weighted by molar-refractivity contribution is 6.02. The second kappa shape index (κ2) is 4.05. The van der Waals surface area contributed by atoms with Crippen LogP contribution in [0.2, 0.25) is 0 Å². The molecule has 2 aliphatic rings. The molecule has 1 aromatic heterocycles. The van der Waals surface area contributed by atoms with Crippen LogP contribution in [-0.4, -0.2) is 15.6 Å². The molecular formula is C16H21N3O. The lowest BCUT2D eigenvalue weighted by atomic mass is 9.59. The summed E-state index contributed by atoms with van der Waals surface area (Å²) in [5.74, 6) is 0.163. The van der Waals surface area contributed by atoms with Gasteiger partial charge < -0.3 is 4.79 Å². The maximum absolute atomic E-state index is 12.4. The highest BCUT2D eigenvalue weighted by atomic mass is 16.1. The highest BCUT2D eigenvalue weighted by Gasteiger charge is 2.56. The Labute approximate surface area is 120 Å². The maximum atomic E-state index is 12.4. The van der Waals surface area contributed by atoms with E-state index in [1.807, 2.05) is 37.8 Å². The van der Waals surface area contributed by atoms with Gasteiger partial charge in [-0.15, -0.1) is 0 Å². The third-order valence-electron chi connectivity index (χ3n) is 4.81. The van der Waals surface area contributed by atoms with Crippen molar-refractivity contribution in [3.63, 3.8) is 0 Å². The fraction of sp³-hybridized carbons (Fsp3) is 0.562. The first kappa shape index (κ1) is 14.5. The minimum Gasteiger partial charge on any atom is -0.307 e. The summed E-state index contributed by atoms with van der Waals surface area (Å²) in [6.07, 6.45) is 4.74. The van der Waals surface area contributed by atoms with Crippen LogP contribution in [0.25, 0.3) is 4.85 Å². The van der Waals surface area contributed by atoms with E-state index in [-0.39, 0.29) is 30.2 Å². The molecule has 0 bridgehead atoms. The van der Waals surface area contributed by atoms with Crippen LogP contribution in [0, 0.1) is 17.9 Å². The van der Waals surface area contributed by atoms with E-state index in [1.54, 1.807) is 0 Å². The molecule has 106 valence electrons. The molecule has 1 heterocycles. The summed E-state index contributed by atoms with van der Waals surface area (Å²) in [4.78, 5) is 15.8. The van der Waals surface area contributed by atoms with E-state index >= 15 is 0 Å². The molecule has 1 aromatic rings. The van der Waals surface area contributed by atoms with Gasteiger partial charge in [0.2, 0.25) is 5.70 Å². The molecular weight excluding hydrogens is 250 g/mol. The molecule has 0 N–H and O–H groups in total. The van der Waals surface area contributed by atoms with Gasteiger partial charge in [-0.25, -0.2) is 4.85 Å². The molecule has 20 heavy (non-hydrogen) atoms. The van der Waals surface area contributed by atoms with Gasteiger partial charge in [0.05, 0.1) is 12.3 Å². The molecule has 0 saturated carbocycles. The van der Waals surface area contributed by atoms with Crippen molar-refractivity contribution in [2.24, 2.45) is 18.4 Å². The van der Waals surface area contributed by atoms with Crippen molar-refractivity contribution in [1.82, 2.24) is 9.78 Å². The summed E-state index contributed by atoms with van der Waals surface area (Å²) in [6.45, 7) is 13.3. The summed E-state index contributed by atoms with van der Waals surface area (Å²) in [6, 6.07) is 0. The van der Waals surface area contributed by atoms with Gasteiger partial charge in [0, 0.05) is 24.1 Å². The fourth-order valence-electron chi connectivity index (χ4n) is 3.83. The Hall–Kier alpha value is -1.89. The molecule has 4 heteroatoms. The third kappa shape index (κ3) is 1.53. The molecule has 0 amide bonds. The quantitative estimate of drug-likeness (QED) is 0.681. The lowest BCUT2D eigenvalue weighted by molar-refractivity contribution is -0.127. The number of carbonyl (C=O) groups is 1. The Morgan fingerprint density at radius 2 is 2.10 bits per heavy atom.